The summed E-state index contributed by atoms with van der Waals surface area (Å²) >= 11 is 3.50. The summed E-state index contributed by atoms with van der Waals surface area (Å²) in [6, 6.07) is 8.39. The van der Waals surface area contributed by atoms with Crippen LogP contribution in [0.5, 0.6) is 0 Å². The molecule has 0 saturated carbocycles. The Morgan fingerprint density at radius 2 is 2.00 bits per heavy atom. The van der Waals surface area contributed by atoms with Crippen LogP contribution in [0, 0.1) is 5.92 Å². The van der Waals surface area contributed by atoms with E-state index in [0.29, 0.717) is 5.92 Å². The van der Waals surface area contributed by atoms with E-state index in [2.05, 4.69) is 52.1 Å². The van der Waals surface area contributed by atoms with Gasteiger partial charge in [-0.15, -0.1) is 0 Å². The van der Waals surface area contributed by atoms with Crippen molar-refractivity contribution < 1.29 is 4.79 Å². The van der Waals surface area contributed by atoms with E-state index in [9.17, 15) is 4.79 Å². The van der Waals surface area contributed by atoms with Crippen LogP contribution in [-0.2, 0) is 0 Å². The number of amides is 2. The average molecular weight is 354 g/mol. The van der Waals surface area contributed by atoms with Crippen LogP contribution in [0.4, 0.5) is 10.5 Å². The van der Waals surface area contributed by atoms with Gasteiger partial charge in [-0.2, -0.15) is 0 Å². The Hall–Kier alpha value is -1.23. The van der Waals surface area contributed by atoms with Crippen molar-refractivity contribution in [2.24, 2.45) is 5.92 Å². The number of hydrogen-bond acceptors (Lipinski definition) is 2. The van der Waals surface area contributed by atoms with Gasteiger partial charge in [0.1, 0.15) is 0 Å². The summed E-state index contributed by atoms with van der Waals surface area (Å²) in [7, 11) is 0. The molecule has 1 aliphatic rings. The van der Waals surface area contributed by atoms with Gasteiger partial charge in [0.05, 0.1) is 0 Å². The summed E-state index contributed by atoms with van der Waals surface area (Å²) in [6.07, 6.45) is 1.03. The monoisotopic (exact) mass is 353 g/mol. The lowest BCUT2D eigenvalue weighted by molar-refractivity contribution is 0.194. The zero-order valence-corrected chi connectivity index (χ0v) is 14.4. The SMILES string of the molecule is CC(C)CCNC(=O)N1CCN(c2cccc(Br)c2)CC1. The molecule has 1 aromatic rings. The lowest BCUT2D eigenvalue weighted by Gasteiger charge is -2.36. The van der Waals surface area contributed by atoms with Gasteiger partial charge < -0.3 is 15.1 Å². The molecule has 4 nitrogen and oxygen atoms in total. The fourth-order valence-electron chi connectivity index (χ4n) is 2.42. The largest absolute Gasteiger partial charge is 0.368 e. The molecular formula is C16H24BrN3O. The summed E-state index contributed by atoms with van der Waals surface area (Å²) < 4.78 is 1.09. The van der Waals surface area contributed by atoms with Gasteiger partial charge in [-0.05, 0) is 30.5 Å². The molecule has 1 aliphatic heterocycles. The number of anilines is 1. The highest BCUT2D eigenvalue weighted by Gasteiger charge is 2.21. The number of carbonyl (C=O) groups excluding carboxylic acids is 1. The molecule has 0 aliphatic carbocycles. The minimum Gasteiger partial charge on any atom is -0.368 e. The Morgan fingerprint density at radius 1 is 1.29 bits per heavy atom. The highest BCUT2D eigenvalue weighted by molar-refractivity contribution is 9.10. The molecule has 0 radical (unpaired) electrons. The average Bonchev–Trinajstić information content (AvgIpc) is 2.47. The molecule has 1 heterocycles. The first-order valence-corrected chi connectivity index (χ1v) is 8.39. The Bertz CT molecular complexity index is 470. The molecule has 0 atom stereocenters. The number of piperazine rings is 1. The number of nitrogens with zero attached hydrogens (tertiary/aromatic N) is 2. The van der Waals surface area contributed by atoms with Crippen LogP contribution in [0.1, 0.15) is 20.3 Å². The maximum Gasteiger partial charge on any atom is 0.317 e. The second kappa shape index (κ2) is 7.69. The van der Waals surface area contributed by atoms with Gasteiger partial charge in [0.25, 0.3) is 0 Å². The van der Waals surface area contributed by atoms with E-state index in [-0.39, 0.29) is 6.03 Å². The number of benzene rings is 1. The Kier molecular flexibility index (Phi) is 5.91. The standard InChI is InChI=1S/C16H24BrN3O/c1-13(2)6-7-18-16(21)20-10-8-19(9-11-20)15-5-3-4-14(17)12-15/h3-5,12-13H,6-11H2,1-2H3,(H,18,21). The number of rotatable bonds is 4. The number of nitrogens with one attached hydrogen (secondary N) is 1. The van der Waals surface area contributed by atoms with E-state index in [1.54, 1.807) is 0 Å². The molecule has 116 valence electrons. The van der Waals surface area contributed by atoms with Gasteiger partial charge in [0.2, 0.25) is 0 Å². The molecule has 1 saturated heterocycles. The van der Waals surface area contributed by atoms with E-state index < -0.39 is 0 Å². The number of urea groups is 1. The molecule has 21 heavy (non-hydrogen) atoms. The van der Waals surface area contributed by atoms with Crippen molar-refractivity contribution in [1.82, 2.24) is 10.2 Å². The van der Waals surface area contributed by atoms with E-state index in [1.165, 1.54) is 5.69 Å². The quantitative estimate of drug-likeness (QED) is 0.900. The molecule has 5 heteroatoms. The third-order valence-corrected chi connectivity index (χ3v) is 4.23. The third kappa shape index (κ3) is 4.92. The van der Waals surface area contributed by atoms with Gasteiger partial charge in [-0.1, -0.05) is 35.8 Å². The zero-order valence-electron chi connectivity index (χ0n) is 12.8. The van der Waals surface area contributed by atoms with Gasteiger partial charge in [-0.25, -0.2) is 4.79 Å². The van der Waals surface area contributed by atoms with Crippen LogP contribution < -0.4 is 10.2 Å². The maximum atomic E-state index is 12.1. The lowest BCUT2D eigenvalue weighted by Crippen LogP contribution is -2.52. The van der Waals surface area contributed by atoms with Gasteiger partial charge in [-0.3, -0.25) is 0 Å². The first-order chi connectivity index (χ1) is 10.1. The van der Waals surface area contributed by atoms with Gasteiger partial charge >= 0.3 is 6.03 Å². The molecule has 1 fully saturated rings. The van der Waals surface area contributed by atoms with E-state index in [4.69, 9.17) is 0 Å². The summed E-state index contributed by atoms with van der Waals surface area (Å²) in [5, 5.41) is 3.01. The number of hydrogen-bond donors (Lipinski definition) is 1. The van der Waals surface area contributed by atoms with Crippen molar-refractivity contribution >= 4 is 27.6 Å². The predicted molar refractivity (Wildman–Crippen MR) is 90.8 cm³/mol. The molecular weight excluding hydrogens is 330 g/mol. The highest BCUT2D eigenvalue weighted by atomic mass is 79.9. The van der Waals surface area contributed by atoms with Crippen LogP contribution in [0.25, 0.3) is 0 Å². The minimum atomic E-state index is 0.0737. The molecule has 2 amide bonds. The van der Waals surface area contributed by atoms with Crippen LogP contribution in [0.3, 0.4) is 0 Å². The molecule has 2 rings (SSSR count). The summed E-state index contributed by atoms with van der Waals surface area (Å²) in [5.41, 5.74) is 1.21. The minimum absolute atomic E-state index is 0.0737. The molecule has 0 bridgehead atoms. The Morgan fingerprint density at radius 3 is 2.62 bits per heavy atom. The van der Waals surface area contributed by atoms with Gasteiger partial charge in [0.15, 0.2) is 0 Å². The van der Waals surface area contributed by atoms with Crippen molar-refractivity contribution in [2.45, 2.75) is 20.3 Å². The Labute approximate surface area is 135 Å². The van der Waals surface area contributed by atoms with E-state index in [0.717, 1.165) is 43.6 Å². The zero-order chi connectivity index (χ0) is 15.2. The first kappa shape index (κ1) is 16.1. The fraction of sp³-hybridized carbons (Fsp3) is 0.562. The van der Waals surface area contributed by atoms with Gasteiger partial charge in [0, 0.05) is 42.9 Å². The van der Waals surface area contributed by atoms with Crippen LogP contribution >= 0.6 is 15.9 Å². The van der Waals surface area contributed by atoms with Crippen molar-refractivity contribution in [3.63, 3.8) is 0 Å². The third-order valence-electron chi connectivity index (χ3n) is 3.74. The lowest BCUT2D eigenvalue weighted by atomic mass is 10.1. The topological polar surface area (TPSA) is 35.6 Å². The number of carbonyl (C=O) groups is 1. The normalized spacial score (nSPS) is 15.4. The van der Waals surface area contributed by atoms with Crippen molar-refractivity contribution in [2.75, 3.05) is 37.6 Å². The van der Waals surface area contributed by atoms with E-state index in [1.807, 2.05) is 17.0 Å². The maximum absolute atomic E-state index is 12.1. The molecule has 1 aromatic carbocycles. The fourth-order valence-corrected chi connectivity index (χ4v) is 2.81. The number of halogens is 1. The molecule has 0 aromatic heterocycles. The van der Waals surface area contributed by atoms with Crippen molar-refractivity contribution in [3.8, 4) is 0 Å². The van der Waals surface area contributed by atoms with Crippen molar-refractivity contribution in [3.05, 3.63) is 28.7 Å². The smallest absolute Gasteiger partial charge is 0.317 e. The predicted octanol–water partition coefficient (Wildman–Crippen LogP) is 3.33. The molecule has 0 spiro atoms. The van der Waals surface area contributed by atoms with Crippen LogP contribution in [-0.4, -0.2) is 43.7 Å². The van der Waals surface area contributed by atoms with E-state index >= 15 is 0 Å². The second-order valence-corrected chi connectivity index (χ2v) is 6.78. The molecule has 0 unspecified atom stereocenters. The molecule has 1 N–H and O–H groups in total. The summed E-state index contributed by atoms with van der Waals surface area (Å²) in [4.78, 5) is 16.3. The highest BCUT2D eigenvalue weighted by Crippen LogP contribution is 2.21. The van der Waals surface area contributed by atoms with Crippen LogP contribution in [0.15, 0.2) is 28.7 Å². The summed E-state index contributed by atoms with van der Waals surface area (Å²) in [5.74, 6) is 0.624. The van der Waals surface area contributed by atoms with Crippen LogP contribution in [0.2, 0.25) is 0 Å². The summed E-state index contributed by atoms with van der Waals surface area (Å²) in [6.45, 7) is 8.43. The first-order valence-electron chi connectivity index (χ1n) is 7.59. The van der Waals surface area contributed by atoms with Crippen molar-refractivity contribution in [1.29, 1.82) is 0 Å². The Balaban J connectivity index is 1.79. The second-order valence-electron chi connectivity index (χ2n) is 5.87.